The first kappa shape index (κ1) is 17.4. The topological polar surface area (TPSA) is 53.1 Å². The Labute approximate surface area is 158 Å². The average Bonchev–Trinajstić information content (AvgIpc) is 2.89. The van der Waals surface area contributed by atoms with Crippen LogP contribution in [0.1, 0.15) is 16.7 Å². The number of pyridine rings is 2. The summed E-state index contributed by atoms with van der Waals surface area (Å²) in [5.74, 6) is 0.593. The second-order valence-corrected chi connectivity index (χ2v) is 6.70. The molecule has 1 aromatic carbocycles. The van der Waals surface area contributed by atoms with Crippen LogP contribution in [0.4, 0.5) is 15.9 Å². The van der Waals surface area contributed by atoms with E-state index in [1.807, 2.05) is 18.6 Å². The zero-order valence-corrected chi connectivity index (χ0v) is 15.0. The molecule has 5 nitrogen and oxygen atoms in total. The van der Waals surface area contributed by atoms with Crippen molar-refractivity contribution in [1.29, 1.82) is 0 Å². The van der Waals surface area contributed by atoms with E-state index in [0.29, 0.717) is 6.54 Å². The van der Waals surface area contributed by atoms with E-state index < -0.39 is 0 Å². The molecule has 1 aliphatic heterocycles. The van der Waals surface area contributed by atoms with E-state index in [2.05, 4.69) is 43.7 Å². The predicted octanol–water partition coefficient (Wildman–Crippen LogP) is 3.66. The number of hydrogen-bond acceptors (Lipinski definition) is 5. The third-order valence-corrected chi connectivity index (χ3v) is 4.67. The van der Waals surface area contributed by atoms with Crippen LogP contribution in [0.5, 0.6) is 0 Å². The van der Waals surface area contributed by atoms with Crippen molar-refractivity contribution in [2.75, 3.05) is 23.7 Å². The van der Waals surface area contributed by atoms with Crippen LogP contribution in [-0.2, 0) is 19.6 Å². The van der Waals surface area contributed by atoms with Crippen molar-refractivity contribution in [3.8, 4) is 0 Å². The van der Waals surface area contributed by atoms with Crippen molar-refractivity contribution in [2.24, 2.45) is 0 Å². The molecule has 138 valence electrons. The number of fused-ring (bicyclic) bond motifs is 1. The Morgan fingerprint density at radius 2 is 1.89 bits per heavy atom. The molecule has 1 aliphatic rings. The lowest BCUT2D eigenvalue weighted by atomic mass is 10.2. The molecule has 0 spiro atoms. The van der Waals surface area contributed by atoms with Crippen LogP contribution in [0.25, 0.3) is 0 Å². The Bertz CT molecular complexity index is 883. The summed E-state index contributed by atoms with van der Waals surface area (Å²) >= 11 is 0. The van der Waals surface area contributed by atoms with Crippen molar-refractivity contribution in [1.82, 2.24) is 14.9 Å². The fourth-order valence-corrected chi connectivity index (χ4v) is 3.22. The third-order valence-electron chi connectivity index (χ3n) is 4.67. The molecule has 0 radical (unpaired) electrons. The van der Waals surface area contributed by atoms with Crippen LogP contribution in [0.15, 0.2) is 61.1 Å². The lowest BCUT2D eigenvalue weighted by molar-refractivity contribution is 0.271. The Kier molecular flexibility index (Phi) is 5.25. The van der Waals surface area contributed by atoms with Gasteiger partial charge in [0.15, 0.2) is 0 Å². The maximum Gasteiger partial charge on any atom is 0.128 e. The number of benzene rings is 1. The molecule has 0 aliphatic carbocycles. The zero-order valence-electron chi connectivity index (χ0n) is 15.0. The van der Waals surface area contributed by atoms with E-state index in [9.17, 15) is 4.39 Å². The molecule has 2 N–H and O–H groups in total. The van der Waals surface area contributed by atoms with Gasteiger partial charge >= 0.3 is 0 Å². The quantitative estimate of drug-likeness (QED) is 0.725. The van der Waals surface area contributed by atoms with E-state index in [-0.39, 0.29) is 5.82 Å². The first-order valence-electron chi connectivity index (χ1n) is 9.09. The summed E-state index contributed by atoms with van der Waals surface area (Å²) in [6.07, 6.45) is 5.60. The highest BCUT2D eigenvalue weighted by molar-refractivity contribution is 5.58. The van der Waals surface area contributed by atoms with Crippen LogP contribution < -0.4 is 10.6 Å². The van der Waals surface area contributed by atoms with Gasteiger partial charge in [-0.15, -0.1) is 0 Å². The summed E-state index contributed by atoms with van der Waals surface area (Å²) in [4.78, 5) is 11.0. The van der Waals surface area contributed by atoms with E-state index >= 15 is 0 Å². The molecule has 0 atom stereocenters. The Morgan fingerprint density at radius 1 is 1.07 bits per heavy atom. The van der Waals surface area contributed by atoms with Crippen LogP contribution in [-0.4, -0.2) is 28.0 Å². The maximum atomic E-state index is 13.0. The van der Waals surface area contributed by atoms with Crippen molar-refractivity contribution < 1.29 is 4.39 Å². The molecule has 3 heterocycles. The van der Waals surface area contributed by atoms with Gasteiger partial charge in [-0.05, 0) is 35.4 Å². The lowest BCUT2D eigenvalue weighted by Crippen LogP contribution is -2.25. The normalized spacial score (nSPS) is 14.1. The summed E-state index contributed by atoms with van der Waals surface area (Å²) in [5, 5.41) is 6.81. The molecular formula is C21H22FN5. The highest BCUT2D eigenvalue weighted by Crippen LogP contribution is 2.23. The summed E-state index contributed by atoms with van der Waals surface area (Å²) in [5.41, 5.74) is 4.58. The van der Waals surface area contributed by atoms with Crippen LogP contribution in [0.3, 0.4) is 0 Å². The van der Waals surface area contributed by atoms with Crippen LogP contribution in [0, 0.1) is 5.82 Å². The molecule has 3 aromatic rings. The Hall–Kier alpha value is -2.99. The number of anilines is 2. The molecule has 27 heavy (non-hydrogen) atoms. The molecule has 0 fully saturated rings. The van der Waals surface area contributed by atoms with E-state index in [1.54, 1.807) is 12.1 Å². The Balaban J connectivity index is 1.41. The predicted molar refractivity (Wildman–Crippen MR) is 105 cm³/mol. The Morgan fingerprint density at radius 3 is 2.70 bits per heavy atom. The summed E-state index contributed by atoms with van der Waals surface area (Å²) in [7, 11) is 0. The molecule has 0 saturated heterocycles. The molecule has 6 heteroatoms. The van der Waals surface area contributed by atoms with E-state index in [0.717, 1.165) is 43.2 Å². The summed E-state index contributed by atoms with van der Waals surface area (Å²) < 4.78 is 13.0. The molecule has 0 amide bonds. The summed E-state index contributed by atoms with van der Waals surface area (Å²) in [6.45, 7) is 4.22. The molecule has 0 saturated carbocycles. The molecule has 4 rings (SSSR count). The third kappa shape index (κ3) is 4.60. The first-order chi connectivity index (χ1) is 13.3. The number of halogens is 1. The second-order valence-electron chi connectivity index (χ2n) is 6.70. The van der Waals surface area contributed by atoms with Gasteiger partial charge in [0.05, 0.1) is 0 Å². The van der Waals surface area contributed by atoms with Crippen molar-refractivity contribution in [3.63, 3.8) is 0 Å². The summed E-state index contributed by atoms with van der Waals surface area (Å²) in [6, 6.07) is 12.7. The minimum atomic E-state index is -0.220. The van der Waals surface area contributed by atoms with Gasteiger partial charge in [0.2, 0.25) is 0 Å². The number of rotatable bonds is 5. The van der Waals surface area contributed by atoms with Gasteiger partial charge in [-0.1, -0.05) is 12.1 Å². The molecule has 2 aromatic heterocycles. The maximum absolute atomic E-state index is 13.0. The number of hydrogen-bond donors (Lipinski definition) is 2. The van der Waals surface area contributed by atoms with Gasteiger partial charge in [-0.2, -0.15) is 0 Å². The largest absolute Gasteiger partial charge is 0.383 e. The van der Waals surface area contributed by atoms with Gasteiger partial charge < -0.3 is 10.6 Å². The standard InChI is InChI=1S/C21H22FN5/c22-19-3-1-16(2-4-19)12-25-21-11-20-18(13-26-21)15-27(10-9-24-20)14-17-5-7-23-8-6-17/h1-8,11,13,24H,9-10,12,14-15H2,(H,25,26). The van der Waals surface area contributed by atoms with Crippen molar-refractivity contribution in [2.45, 2.75) is 19.6 Å². The molecular weight excluding hydrogens is 341 g/mol. The minimum absolute atomic E-state index is 0.220. The number of aromatic nitrogens is 2. The highest BCUT2D eigenvalue weighted by atomic mass is 19.1. The number of nitrogens with one attached hydrogen (secondary N) is 2. The monoisotopic (exact) mass is 363 g/mol. The number of nitrogens with zero attached hydrogens (tertiary/aromatic N) is 3. The van der Waals surface area contributed by atoms with Gasteiger partial charge in [-0.3, -0.25) is 9.88 Å². The van der Waals surface area contributed by atoms with Gasteiger partial charge in [0.1, 0.15) is 11.6 Å². The second kappa shape index (κ2) is 8.14. The van der Waals surface area contributed by atoms with Gasteiger partial charge in [0.25, 0.3) is 0 Å². The molecule has 0 bridgehead atoms. The average molecular weight is 363 g/mol. The van der Waals surface area contributed by atoms with Crippen molar-refractivity contribution >= 4 is 11.5 Å². The molecule has 0 unspecified atom stereocenters. The van der Waals surface area contributed by atoms with E-state index in [4.69, 9.17) is 0 Å². The highest BCUT2D eigenvalue weighted by Gasteiger charge is 2.15. The van der Waals surface area contributed by atoms with Gasteiger partial charge in [0, 0.05) is 68.6 Å². The van der Waals surface area contributed by atoms with Crippen LogP contribution >= 0.6 is 0 Å². The van der Waals surface area contributed by atoms with Crippen molar-refractivity contribution in [3.05, 3.63) is 83.6 Å². The zero-order chi connectivity index (χ0) is 18.5. The van der Waals surface area contributed by atoms with Gasteiger partial charge in [-0.25, -0.2) is 9.37 Å². The SMILES string of the molecule is Fc1ccc(CNc2cc3c(cn2)CN(Cc2ccncc2)CCN3)cc1. The fourth-order valence-electron chi connectivity index (χ4n) is 3.22. The smallest absolute Gasteiger partial charge is 0.128 e. The minimum Gasteiger partial charge on any atom is -0.383 e. The van der Waals surface area contributed by atoms with Crippen LogP contribution in [0.2, 0.25) is 0 Å². The van der Waals surface area contributed by atoms with E-state index in [1.165, 1.54) is 23.3 Å². The lowest BCUT2D eigenvalue weighted by Gasteiger charge is -2.19. The first-order valence-corrected chi connectivity index (χ1v) is 9.09. The fraction of sp³-hybridized carbons (Fsp3) is 0.238.